The monoisotopic (exact) mass is 130 g/mol. The van der Waals surface area contributed by atoms with Crippen molar-refractivity contribution in [1.29, 1.82) is 0 Å². The van der Waals surface area contributed by atoms with E-state index in [9.17, 15) is 4.79 Å². The van der Waals surface area contributed by atoms with Gasteiger partial charge < -0.3 is 0 Å². The van der Waals surface area contributed by atoms with Crippen LogP contribution in [-0.2, 0) is 4.79 Å². The van der Waals surface area contributed by atoms with Crippen LogP contribution in [0.4, 0.5) is 0 Å². The molecule has 0 unspecified atom stereocenters. The van der Waals surface area contributed by atoms with Crippen molar-refractivity contribution in [2.24, 2.45) is 0 Å². The van der Waals surface area contributed by atoms with Crippen molar-refractivity contribution in [2.75, 3.05) is 13.6 Å². The molecule has 1 N–H and O–H groups in total. The summed E-state index contributed by atoms with van der Waals surface area (Å²) in [6.45, 7) is 4.85. The van der Waals surface area contributed by atoms with Gasteiger partial charge in [0, 0.05) is 20.0 Å². The minimum Gasteiger partial charge on any atom is -0.289 e. The Morgan fingerprint density at radius 3 is 2.22 bits per heavy atom. The quantitative estimate of drug-likeness (QED) is 0.514. The van der Waals surface area contributed by atoms with Crippen LogP contribution in [0.5, 0.6) is 0 Å². The van der Waals surface area contributed by atoms with E-state index in [2.05, 4.69) is 5.43 Å². The van der Waals surface area contributed by atoms with Gasteiger partial charge in [-0.15, -0.1) is 0 Å². The van der Waals surface area contributed by atoms with Crippen LogP contribution in [0.1, 0.15) is 20.3 Å². The highest BCUT2D eigenvalue weighted by Gasteiger charge is 2.12. The van der Waals surface area contributed by atoms with Gasteiger partial charge in [-0.1, -0.05) is 13.8 Å². The minimum atomic E-state index is 0.127. The summed E-state index contributed by atoms with van der Waals surface area (Å²) in [7, 11) is 1.85. The van der Waals surface area contributed by atoms with E-state index < -0.39 is 0 Å². The summed E-state index contributed by atoms with van der Waals surface area (Å²) in [4.78, 5) is 10.3. The lowest BCUT2D eigenvalue weighted by Crippen LogP contribution is -2.28. The average Bonchev–Trinajstić information content (AvgIpc) is 2.20. The van der Waals surface area contributed by atoms with Crippen molar-refractivity contribution in [1.82, 2.24) is 10.4 Å². The highest BCUT2D eigenvalue weighted by molar-refractivity contribution is 5.77. The van der Waals surface area contributed by atoms with E-state index in [4.69, 9.17) is 0 Å². The van der Waals surface area contributed by atoms with Crippen molar-refractivity contribution in [2.45, 2.75) is 20.3 Å². The SMILES string of the molecule is CC.CN1CCC(=O)N1. The molecule has 0 aliphatic carbocycles. The summed E-state index contributed by atoms with van der Waals surface area (Å²) in [5.41, 5.74) is 2.61. The lowest BCUT2D eigenvalue weighted by molar-refractivity contribution is -0.120. The Labute approximate surface area is 56.0 Å². The molecule has 3 heteroatoms. The molecule has 0 aromatic heterocycles. The van der Waals surface area contributed by atoms with Crippen molar-refractivity contribution in [3.8, 4) is 0 Å². The largest absolute Gasteiger partial charge is 0.289 e. The molecule has 0 bridgehead atoms. The Hall–Kier alpha value is -0.570. The summed E-state index contributed by atoms with van der Waals surface area (Å²) < 4.78 is 0. The number of nitrogens with zero attached hydrogens (tertiary/aromatic N) is 1. The molecule has 0 aromatic rings. The summed E-state index contributed by atoms with van der Waals surface area (Å²) >= 11 is 0. The van der Waals surface area contributed by atoms with Crippen LogP contribution in [0.3, 0.4) is 0 Å². The van der Waals surface area contributed by atoms with Gasteiger partial charge >= 0.3 is 0 Å². The normalized spacial score (nSPS) is 18.3. The van der Waals surface area contributed by atoms with E-state index in [1.165, 1.54) is 0 Å². The Bertz CT molecular complexity index is 93.1. The third-order valence-corrected chi connectivity index (χ3v) is 0.990. The van der Waals surface area contributed by atoms with Crippen LogP contribution in [-0.4, -0.2) is 24.5 Å². The fourth-order valence-electron chi connectivity index (χ4n) is 0.594. The topological polar surface area (TPSA) is 32.3 Å². The van der Waals surface area contributed by atoms with Gasteiger partial charge in [-0.2, -0.15) is 0 Å². The molecule has 0 aromatic carbocycles. The fraction of sp³-hybridized carbons (Fsp3) is 0.833. The lowest BCUT2D eigenvalue weighted by atomic mass is 10.4. The van der Waals surface area contributed by atoms with Gasteiger partial charge in [0.1, 0.15) is 0 Å². The zero-order chi connectivity index (χ0) is 7.28. The van der Waals surface area contributed by atoms with Crippen LogP contribution in [0.2, 0.25) is 0 Å². The molecule has 1 fully saturated rings. The molecule has 0 saturated carbocycles. The zero-order valence-electron chi connectivity index (χ0n) is 6.27. The summed E-state index contributed by atoms with van der Waals surface area (Å²) in [5, 5.41) is 1.78. The van der Waals surface area contributed by atoms with E-state index in [0.29, 0.717) is 6.42 Å². The van der Waals surface area contributed by atoms with Gasteiger partial charge in [-0.05, 0) is 0 Å². The van der Waals surface area contributed by atoms with Gasteiger partial charge in [-0.3, -0.25) is 10.2 Å². The summed E-state index contributed by atoms with van der Waals surface area (Å²) in [6.07, 6.45) is 0.649. The van der Waals surface area contributed by atoms with Crippen LogP contribution in [0.15, 0.2) is 0 Å². The number of hydrazine groups is 1. The van der Waals surface area contributed by atoms with Crippen molar-refractivity contribution in [3.63, 3.8) is 0 Å². The molecule has 1 amide bonds. The Balaban J connectivity index is 0.000000291. The first-order valence-electron chi connectivity index (χ1n) is 3.29. The molecule has 1 rings (SSSR count). The highest BCUT2D eigenvalue weighted by Crippen LogP contribution is 1.91. The van der Waals surface area contributed by atoms with Crippen LogP contribution in [0, 0.1) is 0 Å². The number of hydrogen-bond acceptors (Lipinski definition) is 2. The second kappa shape index (κ2) is 4.32. The van der Waals surface area contributed by atoms with Crippen LogP contribution in [0.25, 0.3) is 0 Å². The second-order valence-electron chi connectivity index (χ2n) is 1.71. The molecular formula is C6H14N2O. The standard InChI is InChI=1S/C4H8N2O.C2H6/c1-6-3-2-4(7)5-6;1-2/h2-3H2,1H3,(H,5,7);1-2H3. The number of hydrogen-bond donors (Lipinski definition) is 1. The molecular weight excluding hydrogens is 116 g/mol. The minimum absolute atomic E-state index is 0.127. The van der Waals surface area contributed by atoms with Gasteiger partial charge in [0.25, 0.3) is 0 Å². The van der Waals surface area contributed by atoms with Gasteiger partial charge in [0.05, 0.1) is 0 Å². The number of nitrogens with one attached hydrogen (secondary N) is 1. The van der Waals surface area contributed by atoms with Crippen LogP contribution >= 0.6 is 0 Å². The zero-order valence-corrected chi connectivity index (χ0v) is 6.27. The van der Waals surface area contributed by atoms with Crippen molar-refractivity contribution < 1.29 is 4.79 Å². The predicted molar refractivity (Wildman–Crippen MR) is 36.7 cm³/mol. The van der Waals surface area contributed by atoms with Gasteiger partial charge in [0.15, 0.2) is 0 Å². The summed E-state index contributed by atoms with van der Waals surface area (Å²) in [6, 6.07) is 0. The first-order valence-corrected chi connectivity index (χ1v) is 3.29. The number of carbonyl (C=O) groups is 1. The molecule has 0 spiro atoms. The van der Waals surface area contributed by atoms with Crippen molar-refractivity contribution >= 4 is 5.91 Å². The third-order valence-electron chi connectivity index (χ3n) is 0.990. The Morgan fingerprint density at radius 1 is 1.56 bits per heavy atom. The van der Waals surface area contributed by atoms with E-state index in [1.54, 1.807) is 5.01 Å². The first kappa shape index (κ1) is 8.43. The maximum absolute atomic E-state index is 10.3. The third kappa shape index (κ3) is 3.08. The van der Waals surface area contributed by atoms with E-state index >= 15 is 0 Å². The van der Waals surface area contributed by atoms with E-state index in [1.807, 2.05) is 20.9 Å². The molecule has 0 atom stereocenters. The van der Waals surface area contributed by atoms with E-state index in [0.717, 1.165) is 6.54 Å². The Morgan fingerprint density at radius 2 is 2.11 bits per heavy atom. The maximum atomic E-state index is 10.3. The van der Waals surface area contributed by atoms with E-state index in [-0.39, 0.29) is 5.91 Å². The highest BCUT2D eigenvalue weighted by atomic mass is 16.2. The first-order chi connectivity index (χ1) is 4.29. The second-order valence-corrected chi connectivity index (χ2v) is 1.71. The lowest BCUT2D eigenvalue weighted by Gasteiger charge is -2.02. The molecule has 54 valence electrons. The smallest absolute Gasteiger partial charge is 0.235 e. The molecule has 1 heterocycles. The van der Waals surface area contributed by atoms with Crippen LogP contribution < -0.4 is 5.43 Å². The number of rotatable bonds is 0. The molecule has 1 saturated heterocycles. The van der Waals surface area contributed by atoms with Gasteiger partial charge in [0.2, 0.25) is 5.91 Å². The summed E-state index contributed by atoms with van der Waals surface area (Å²) in [5.74, 6) is 0.127. The molecule has 3 nitrogen and oxygen atoms in total. The number of carbonyl (C=O) groups excluding carboxylic acids is 1. The fourth-order valence-corrected chi connectivity index (χ4v) is 0.594. The van der Waals surface area contributed by atoms with Gasteiger partial charge in [-0.25, -0.2) is 5.01 Å². The average molecular weight is 130 g/mol. The van der Waals surface area contributed by atoms with Crippen molar-refractivity contribution in [3.05, 3.63) is 0 Å². The molecule has 0 radical (unpaired) electrons. The Kier molecular flexibility index (Phi) is 4.05. The molecule has 1 aliphatic rings. The molecule has 1 aliphatic heterocycles. The maximum Gasteiger partial charge on any atom is 0.235 e. The number of amides is 1. The molecule has 9 heavy (non-hydrogen) atoms. The predicted octanol–water partition coefficient (Wildman–Crippen LogP) is 0.379.